The number of nitrogens with one attached hydrogen (secondary N) is 1. The fourth-order valence-electron chi connectivity index (χ4n) is 1.21. The number of aryl methyl sites for hydroxylation is 1. The molecule has 1 N–H and O–H groups in total. The van der Waals surface area contributed by atoms with Crippen molar-refractivity contribution in [2.75, 3.05) is 26.0 Å². The van der Waals surface area contributed by atoms with Crippen LogP contribution in [0.4, 0.5) is 5.95 Å². The predicted molar refractivity (Wildman–Crippen MR) is 63.3 cm³/mol. The zero-order valence-electron chi connectivity index (χ0n) is 10.2. The summed E-state index contributed by atoms with van der Waals surface area (Å²) in [7, 11) is 3.42. The van der Waals surface area contributed by atoms with Gasteiger partial charge in [0.1, 0.15) is 11.8 Å². The maximum absolute atomic E-state index is 11.3. The van der Waals surface area contributed by atoms with Crippen LogP contribution < -0.4 is 5.32 Å². The van der Waals surface area contributed by atoms with Crippen molar-refractivity contribution in [3.05, 3.63) is 17.5 Å². The van der Waals surface area contributed by atoms with Crippen LogP contribution in [0.3, 0.4) is 0 Å². The molecular formula is C11H15N5O. The van der Waals surface area contributed by atoms with Crippen molar-refractivity contribution >= 4 is 11.9 Å². The second-order valence-corrected chi connectivity index (χ2v) is 3.79. The lowest BCUT2D eigenvalue weighted by Gasteiger charge is -2.10. The summed E-state index contributed by atoms with van der Waals surface area (Å²) in [5.74, 6) is 0.416. The summed E-state index contributed by atoms with van der Waals surface area (Å²) in [4.78, 5) is 21.0. The van der Waals surface area contributed by atoms with Crippen LogP contribution in [0.25, 0.3) is 0 Å². The first-order valence-electron chi connectivity index (χ1n) is 5.22. The van der Waals surface area contributed by atoms with Crippen molar-refractivity contribution in [2.24, 2.45) is 0 Å². The quantitative estimate of drug-likeness (QED) is 0.821. The first-order chi connectivity index (χ1) is 8.02. The van der Waals surface area contributed by atoms with E-state index in [4.69, 9.17) is 5.26 Å². The van der Waals surface area contributed by atoms with Gasteiger partial charge in [0.2, 0.25) is 11.9 Å². The van der Waals surface area contributed by atoms with Crippen molar-refractivity contribution in [1.82, 2.24) is 14.9 Å². The monoisotopic (exact) mass is 233 g/mol. The second-order valence-electron chi connectivity index (χ2n) is 3.79. The Labute approximate surface area is 100 Å². The van der Waals surface area contributed by atoms with Crippen LogP contribution in [-0.4, -0.2) is 41.4 Å². The molecule has 0 saturated heterocycles. The van der Waals surface area contributed by atoms with Crippen molar-refractivity contribution in [3.8, 4) is 6.07 Å². The smallest absolute Gasteiger partial charge is 0.224 e. The third-order valence-electron chi connectivity index (χ3n) is 2.09. The molecule has 1 heterocycles. The molecule has 0 bridgehead atoms. The first-order valence-corrected chi connectivity index (χ1v) is 5.22. The number of aromatic nitrogens is 2. The standard InChI is InChI=1S/C11H15N5O/c1-8-6-9(7-12)15-11(14-8)13-5-4-10(17)16(2)3/h6H,4-5H2,1-3H3,(H,13,14,15). The van der Waals surface area contributed by atoms with Crippen LogP contribution in [0.5, 0.6) is 0 Å². The number of carbonyl (C=O) groups is 1. The third kappa shape index (κ3) is 4.07. The summed E-state index contributed by atoms with van der Waals surface area (Å²) in [5, 5.41) is 11.7. The molecular weight excluding hydrogens is 218 g/mol. The zero-order chi connectivity index (χ0) is 12.8. The Bertz CT molecular complexity index is 450. The summed E-state index contributed by atoms with van der Waals surface area (Å²) < 4.78 is 0. The average molecular weight is 233 g/mol. The van der Waals surface area contributed by atoms with Gasteiger partial charge in [-0.3, -0.25) is 4.79 Å². The number of nitriles is 1. The lowest BCUT2D eigenvalue weighted by Crippen LogP contribution is -2.24. The highest BCUT2D eigenvalue weighted by atomic mass is 16.2. The third-order valence-corrected chi connectivity index (χ3v) is 2.09. The Hall–Kier alpha value is -2.16. The molecule has 1 aromatic rings. The molecule has 0 aliphatic rings. The fraction of sp³-hybridized carbons (Fsp3) is 0.455. The number of carbonyl (C=O) groups excluding carboxylic acids is 1. The molecule has 0 aromatic carbocycles. The van der Waals surface area contributed by atoms with Gasteiger partial charge in [0.25, 0.3) is 0 Å². The Morgan fingerprint density at radius 2 is 2.24 bits per heavy atom. The Morgan fingerprint density at radius 1 is 1.53 bits per heavy atom. The van der Waals surface area contributed by atoms with Gasteiger partial charge in [-0.05, 0) is 13.0 Å². The van der Waals surface area contributed by atoms with Gasteiger partial charge >= 0.3 is 0 Å². The molecule has 17 heavy (non-hydrogen) atoms. The van der Waals surface area contributed by atoms with E-state index in [2.05, 4.69) is 15.3 Å². The fourth-order valence-corrected chi connectivity index (χ4v) is 1.21. The van der Waals surface area contributed by atoms with E-state index >= 15 is 0 Å². The summed E-state index contributed by atoms with van der Waals surface area (Å²) in [6, 6.07) is 3.57. The normalized spacial score (nSPS) is 9.53. The molecule has 6 nitrogen and oxygen atoms in total. The van der Waals surface area contributed by atoms with E-state index in [0.29, 0.717) is 24.6 Å². The van der Waals surface area contributed by atoms with Crippen LogP contribution >= 0.6 is 0 Å². The molecule has 0 fully saturated rings. The van der Waals surface area contributed by atoms with Crippen LogP contribution in [0.2, 0.25) is 0 Å². The number of amides is 1. The number of nitrogens with zero attached hydrogens (tertiary/aromatic N) is 4. The van der Waals surface area contributed by atoms with Gasteiger partial charge in [-0.25, -0.2) is 9.97 Å². The molecule has 0 aliphatic heterocycles. The van der Waals surface area contributed by atoms with E-state index < -0.39 is 0 Å². The zero-order valence-corrected chi connectivity index (χ0v) is 10.2. The summed E-state index contributed by atoms with van der Waals surface area (Å²) in [6.07, 6.45) is 0.367. The van der Waals surface area contributed by atoms with E-state index in [9.17, 15) is 4.79 Å². The molecule has 1 rings (SSSR count). The van der Waals surface area contributed by atoms with Gasteiger partial charge in [0.05, 0.1) is 0 Å². The van der Waals surface area contributed by atoms with Gasteiger partial charge in [-0.2, -0.15) is 5.26 Å². The van der Waals surface area contributed by atoms with Crippen LogP contribution in [0, 0.1) is 18.3 Å². The molecule has 6 heteroatoms. The maximum atomic E-state index is 11.3. The van der Waals surface area contributed by atoms with Gasteiger partial charge in [-0.15, -0.1) is 0 Å². The largest absolute Gasteiger partial charge is 0.354 e. The number of hydrogen-bond donors (Lipinski definition) is 1. The van der Waals surface area contributed by atoms with Gasteiger partial charge < -0.3 is 10.2 Å². The topological polar surface area (TPSA) is 81.9 Å². The minimum absolute atomic E-state index is 0.0330. The summed E-state index contributed by atoms with van der Waals surface area (Å²) >= 11 is 0. The maximum Gasteiger partial charge on any atom is 0.224 e. The molecule has 0 radical (unpaired) electrons. The highest BCUT2D eigenvalue weighted by Gasteiger charge is 2.05. The Kier molecular flexibility index (Phi) is 4.40. The highest BCUT2D eigenvalue weighted by molar-refractivity contribution is 5.75. The predicted octanol–water partition coefficient (Wildman–Crippen LogP) is 0.547. The van der Waals surface area contributed by atoms with E-state index in [-0.39, 0.29) is 5.91 Å². The summed E-state index contributed by atoms with van der Waals surface area (Å²) in [5.41, 5.74) is 1.04. The number of rotatable bonds is 4. The van der Waals surface area contributed by atoms with Gasteiger partial charge in [0, 0.05) is 32.8 Å². The molecule has 90 valence electrons. The number of hydrogen-bond acceptors (Lipinski definition) is 5. The minimum atomic E-state index is 0.0330. The molecule has 1 aromatic heterocycles. The minimum Gasteiger partial charge on any atom is -0.354 e. The Balaban J connectivity index is 2.55. The molecule has 1 amide bonds. The van der Waals surface area contributed by atoms with Crippen molar-refractivity contribution < 1.29 is 4.79 Å². The van der Waals surface area contributed by atoms with Crippen molar-refractivity contribution in [1.29, 1.82) is 5.26 Å². The van der Waals surface area contributed by atoms with E-state index in [1.54, 1.807) is 27.1 Å². The van der Waals surface area contributed by atoms with Gasteiger partial charge in [0.15, 0.2) is 0 Å². The van der Waals surface area contributed by atoms with E-state index in [1.165, 1.54) is 4.90 Å². The van der Waals surface area contributed by atoms with Gasteiger partial charge in [-0.1, -0.05) is 0 Å². The molecule has 0 atom stereocenters. The lowest BCUT2D eigenvalue weighted by atomic mass is 10.3. The van der Waals surface area contributed by atoms with Crippen LogP contribution in [0.1, 0.15) is 17.8 Å². The highest BCUT2D eigenvalue weighted by Crippen LogP contribution is 2.03. The van der Waals surface area contributed by atoms with Crippen molar-refractivity contribution in [3.63, 3.8) is 0 Å². The van der Waals surface area contributed by atoms with Crippen LogP contribution in [0.15, 0.2) is 6.07 Å². The van der Waals surface area contributed by atoms with E-state index in [0.717, 1.165) is 5.69 Å². The van der Waals surface area contributed by atoms with Crippen molar-refractivity contribution in [2.45, 2.75) is 13.3 Å². The van der Waals surface area contributed by atoms with E-state index in [1.807, 2.05) is 6.07 Å². The average Bonchev–Trinajstić information content (AvgIpc) is 2.27. The Morgan fingerprint density at radius 3 is 2.82 bits per heavy atom. The molecule has 0 spiro atoms. The van der Waals surface area contributed by atoms with Crippen LogP contribution in [-0.2, 0) is 4.79 Å². The summed E-state index contributed by atoms with van der Waals surface area (Å²) in [6.45, 7) is 2.24. The number of anilines is 1. The SMILES string of the molecule is Cc1cc(C#N)nc(NCCC(=O)N(C)C)n1. The molecule has 0 saturated carbocycles. The first kappa shape index (κ1) is 12.9. The lowest BCUT2D eigenvalue weighted by molar-refractivity contribution is -0.128. The molecule has 0 aliphatic carbocycles. The second kappa shape index (κ2) is 5.80. The molecule has 0 unspecified atom stereocenters.